The average molecular weight is 381 g/mol. The predicted octanol–water partition coefficient (Wildman–Crippen LogP) is 4.67. The molecule has 0 spiro atoms. The second-order valence-corrected chi connectivity index (χ2v) is 6.07. The van der Waals surface area contributed by atoms with Gasteiger partial charge in [-0.05, 0) is 48.7 Å². The third kappa shape index (κ3) is 5.64. The van der Waals surface area contributed by atoms with Crippen molar-refractivity contribution in [2.75, 3.05) is 13.7 Å². The van der Waals surface area contributed by atoms with Crippen molar-refractivity contribution in [1.82, 2.24) is 5.32 Å². The third-order valence-corrected chi connectivity index (χ3v) is 4.10. The number of carbonyl (C=O) groups is 1. The highest BCUT2D eigenvalue weighted by Gasteiger charge is 2.30. The van der Waals surface area contributed by atoms with Crippen molar-refractivity contribution in [2.45, 2.75) is 32.5 Å². The number of alkyl halides is 3. The van der Waals surface area contributed by atoms with Crippen LogP contribution < -0.4 is 14.8 Å². The fourth-order valence-electron chi connectivity index (χ4n) is 2.69. The van der Waals surface area contributed by atoms with E-state index in [4.69, 9.17) is 9.47 Å². The van der Waals surface area contributed by atoms with Gasteiger partial charge in [0.05, 0.1) is 18.7 Å². The van der Waals surface area contributed by atoms with E-state index in [1.165, 1.54) is 12.1 Å². The highest BCUT2D eigenvalue weighted by atomic mass is 19.4. The van der Waals surface area contributed by atoms with E-state index in [0.29, 0.717) is 6.42 Å². The van der Waals surface area contributed by atoms with Crippen LogP contribution >= 0.6 is 0 Å². The van der Waals surface area contributed by atoms with Gasteiger partial charge in [0.1, 0.15) is 11.5 Å². The number of methoxy groups -OCH3 is 1. The minimum Gasteiger partial charge on any atom is -0.496 e. The van der Waals surface area contributed by atoms with Gasteiger partial charge < -0.3 is 14.8 Å². The zero-order valence-corrected chi connectivity index (χ0v) is 15.4. The number of aryl methyl sites for hydroxylation is 1. The fraction of sp³-hybridized carbons (Fsp3) is 0.350. The Labute approximate surface area is 156 Å². The van der Waals surface area contributed by atoms with Crippen LogP contribution in [0.3, 0.4) is 0 Å². The summed E-state index contributed by atoms with van der Waals surface area (Å²) >= 11 is 0. The lowest BCUT2D eigenvalue weighted by molar-refractivity contribution is -0.137. The summed E-state index contributed by atoms with van der Waals surface area (Å²) in [6.45, 7) is 3.47. The van der Waals surface area contributed by atoms with Gasteiger partial charge in [0.15, 0.2) is 6.61 Å². The first kappa shape index (κ1) is 20.6. The Morgan fingerprint density at radius 3 is 2.52 bits per heavy atom. The van der Waals surface area contributed by atoms with E-state index >= 15 is 0 Å². The number of hydrogen-bond acceptors (Lipinski definition) is 3. The molecule has 0 saturated carbocycles. The molecule has 2 aromatic carbocycles. The first-order chi connectivity index (χ1) is 12.7. The number of rotatable bonds is 7. The van der Waals surface area contributed by atoms with Crippen molar-refractivity contribution in [3.05, 3.63) is 59.2 Å². The molecule has 0 unspecified atom stereocenters. The molecule has 0 aliphatic heterocycles. The Kier molecular flexibility index (Phi) is 6.71. The van der Waals surface area contributed by atoms with Crippen molar-refractivity contribution in [2.24, 2.45) is 0 Å². The Morgan fingerprint density at radius 1 is 1.19 bits per heavy atom. The van der Waals surface area contributed by atoms with Crippen molar-refractivity contribution in [3.8, 4) is 11.5 Å². The molecule has 0 aliphatic rings. The van der Waals surface area contributed by atoms with E-state index in [-0.39, 0.29) is 18.4 Å². The first-order valence-corrected chi connectivity index (χ1v) is 8.48. The summed E-state index contributed by atoms with van der Waals surface area (Å²) in [6, 6.07) is 9.85. The van der Waals surface area contributed by atoms with Gasteiger partial charge >= 0.3 is 6.18 Å². The lowest BCUT2D eigenvalue weighted by Crippen LogP contribution is -2.32. The van der Waals surface area contributed by atoms with Crippen LogP contribution in [0.5, 0.6) is 11.5 Å². The van der Waals surface area contributed by atoms with E-state index in [9.17, 15) is 18.0 Å². The molecule has 146 valence electrons. The fourth-order valence-corrected chi connectivity index (χ4v) is 2.69. The van der Waals surface area contributed by atoms with E-state index in [1.54, 1.807) is 7.11 Å². The quantitative estimate of drug-likeness (QED) is 0.758. The van der Waals surface area contributed by atoms with Crippen LogP contribution in [0.2, 0.25) is 0 Å². The van der Waals surface area contributed by atoms with Crippen molar-refractivity contribution in [3.63, 3.8) is 0 Å². The van der Waals surface area contributed by atoms with Gasteiger partial charge in [0.2, 0.25) is 0 Å². The normalized spacial score (nSPS) is 12.4. The monoisotopic (exact) mass is 381 g/mol. The Morgan fingerprint density at radius 2 is 1.93 bits per heavy atom. The van der Waals surface area contributed by atoms with Gasteiger partial charge in [-0.3, -0.25) is 4.79 Å². The summed E-state index contributed by atoms with van der Waals surface area (Å²) in [7, 11) is 1.59. The van der Waals surface area contributed by atoms with E-state index in [2.05, 4.69) is 5.32 Å². The van der Waals surface area contributed by atoms with Crippen molar-refractivity contribution in [1.29, 1.82) is 0 Å². The van der Waals surface area contributed by atoms with Crippen molar-refractivity contribution >= 4 is 5.91 Å². The molecule has 27 heavy (non-hydrogen) atoms. The molecular formula is C20H22F3NO3. The van der Waals surface area contributed by atoms with Gasteiger partial charge in [-0.2, -0.15) is 13.2 Å². The van der Waals surface area contributed by atoms with Gasteiger partial charge in [0.25, 0.3) is 5.91 Å². The number of amides is 1. The van der Waals surface area contributed by atoms with Gasteiger partial charge in [-0.1, -0.05) is 25.1 Å². The minimum absolute atomic E-state index is 0.00619. The first-order valence-electron chi connectivity index (χ1n) is 8.48. The zero-order chi connectivity index (χ0) is 20.0. The molecule has 0 saturated heterocycles. The summed E-state index contributed by atoms with van der Waals surface area (Å²) in [5.41, 5.74) is 1.05. The van der Waals surface area contributed by atoms with Crippen LogP contribution in [0.15, 0.2) is 42.5 Å². The van der Waals surface area contributed by atoms with Gasteiger partial charge in [-0.25, -0.2) is 0 Å². The smallest absolute Gasteiger partial charge is 0.416 e. The average Bonchev–Trinajstić information content (AvgIpc) is 2.64. The van der Waals surface area contributed by atoms with Gasteiger partial charge in [-0.15, -0.1) is 0 Å². The lowest BCUT2D eigenvalue weighted by Gasteiger charge is -2.19. The molecule has 0 aromatic heterocycles. The molecule has 2 aromatic rings. The summed E-state index contributed by atoms with van der Waals surface area (Å²) in [4.78, 5) is 12.2. The van der Waals surface area contributed by atoms with E-state index in [1.807, 2.05) is 32.0 Å². The second kappa shape index (κ2) is 8.79. The number of halogens is 3. The second-order valence-electron chi connectivity index (χ2n) is 6.07. The largest absolute Gasteiger partial charge is 0.496 e. The molecule has 0 radical (unpaired) electrons. The molecule has 0 heterocycles. The van der Waals surface area contributed by atoms with Gasteiger partial charge in [0, 0.05) is 0 Å². The molecule has 0 aliphatic carbocycles. The zero-order valence-electron chi connectivity index (χ0n) is 15.4. The van der Waals surface area contributed by atoms with Crippen LogP contribution in [0, 0.1) is 6.92 Å². The number of hydrogen-bond donors (Lipinski definition) is 1. The molecule has 7 heteroatoms. The molecule has 4 nitrogen and oxygen atoms in total. The molecule has 0 fully saturated rings. The SMILES string of the molecule is CC[C@H](NC(=O)COc1cccc(C(F)(F)F)c1)c1ccc(OC)c(C)c1. The van der Waals surface area contributed by atoms with Crippen LogP contribution in [-0.2, 0) is 11.0 Å². The predicted molar refractivity (Wildman–Crippen MR) is 95.8 cm³/mol. The highest BCUT2D eigenvalue weighted by Crippen LogP contribution is 2.31. The molecule has 2 rings (SSSR count). The summed E-state index contributed by atoms with van der Waals surface area (Å²) in [6.07, 6.45) is -3.80. The molecule has 1 atom stereocenters. The Hall–Kier alpha value is -2.70. The van der Waals surface area contributed by atoms with Crippen molar-refractivity contribution < 1.29 is 27.4 Å². The summed E-state index contributed by atoms with van der Waals surface area (Å²) in [5.74, 6) is 0.342. The van der Waals surface area contributed by atoms with E-state index in [0.717, 1.165) is 29.0 Å². The number of ether oxygens (including phenoxy) is 2. The molecule has 0 bridgehead atoms. The highest BCUT2D eigenvalue weighted by molar-refractivity contribution is 5.78. The maximum Gasteiger partial charge on any atom is 0.416 e. The summed E-state index contributed by atoms with van der Waals surface area (Å²) < 4.78 is 48.6. The Bertz CT molecular complexity index is 790. The van der Waals surface area contributed by atoms with Crippen LogP contribution in [0.25, 0.3) is 0 Å². The number of benzene rings is 2. The minimum atomic E-state index is -4.46. The standard InChI is InChI=1S/C20H22F3NO3/c1-4-17(14-8-9-18(26-3)13(2)10-14)24-19(25)12-27-16-7-5-6-15(11-16)20(21,22)23/h5-11,17H,4,12H2,1-3H3,(H,24,25)/t17-/m0/s1. The van der Waals surface area contributed by atoms with E-state index < -0.39 is 17.6 Å². The van der Waals surface area contributed by atoms with Crippen LogP contribution in [0.1, 0.15) is 36.1 Å². The topological polar surface area (TPSA) is 47.6 Å². The summed E-state index contributed by atoms with van der Waals surface area (Å²) in [5, 5.41) is 2.84. The van der Waals surface area contributed by atoms with Crippen LogP contribution in [0.4, 0.5) is 13.2 Å². The third-order valence-electron chi connectivity index (χ3n) is 4.10. The number of carbonyl (C=O) groups excluding carboxylic acids is 1. The number of nitrogens with one attached hydrogen (secondary N) is 1. The lowest BCUT2D eigenvalue weighted by atomic mass is 10.0. The molecule has 1 amide bonds. The maximum atomic E-state index is 12.7. The van der Waals surface area contributed by atoms with Crippen LogP contribution in [-0.4, -0.2) is 19.6 Å². The molecular weight excluding hydrogens is 359 g/mol. The Balaban J connectivity index is 1.99. The maximum absolute atomic E-state index is 12.7. The molecule has 1 N–H and O–H groups in total.